The summed E-state index contributed by atoms with van der Waals surface area (Å²) >= 11 is 0. The standard InChI is InChI=1S/C14H20N2O2/c1-14(5-7-15-8-6-14)16-13(18)10-11-3-2-4-12(17)9-11/h2-4,9,15,17H,5-8,10H2,1H3,(H,16,18). The van der Waals surface area contributed by atoms with Crippen LogP contribution in [-0.2, 0) is 11.2 Å². The van der Waals surface area contributed by atoms with Gasteiger partial charge in [-0.1, -0.05) is 12.1 Å². The minimum absolute atomic E-state index is 0.0185. The molecule has 0 unspecified atom stereocenters. The van der Waals surface area contributed by atoms with Gasteiger partial charge in [0.15, 0.2) is 0 Å². The van der Waals surface area contributed by atoms with Crippen LogP contribution < -0.4 is 10.6 Å². The van der Waals surface area contributed by atoms with E-state index in [1.807, 2.05) is 6.07 Å². The molecule has 0 saturated carbocycles. The van der Waals surface area contributed by atoms with E-state index in [-0.39, 0.29) is 17.2 Å². The molecule has 1 amide bonds. The Morgan fingerprint density at radius 1 is 1.44 bits per heavy atom. The van der Waals surface area contributed by atoms with Crippen molar-refractivity contribution in [3.05, 3.63) is 29.8 Å². The minimum Gasteiger partial charge on any atom is -0.508 e. The zero-order valence-corrected chi connectivity index (χ0v) is 10.7. The number of carbonyl (C=O) groups excluding carboxylic acids is 1. The molecular formula is C14H20N2O2. The first-order valence-electron chi connectivity index (χ1n) is 6.37. The number of nitrogens with one attached hydrogen (secondary N) is 2. The highest BCUT2D eigenvalue weighted by Crippen LogP contribution is 2.18. The molecule has 1 saturated heterocycles. The monoisotopic (exact) mass is 248 g/mol. The first-order valence-corrected chi connectivity index (χ1v) is 6.37. The first-order chi connectivity index (χ1) is 8.57. The van der Waals surface area contributed by atoms with Crippen molar-refractivity contribution in [2.75, 3.05) is 13.1 Å². The number of amides is 1. The van der Waals surface area contributed by atoms with Gasteiger partial charge < -0.3 is 15.7 Å². The second-order valence-corrected chi connectivity index (χ2v) is 5.21. The molecule has 2 rings (SSSR count). The summed E-state index contributed by atoms with van der Waals surface area (Å²) in [5.74, 6) is 0.221. The summed E-state index contributed by atoms with van der Waals surface area (Å²) in [7, 11) is 0. The lowest BCUT2D eigenvalue weighted by atomic mass is 9.90. The summed E-state index contributed by atoms with van der Waals surface area (Å²) in [5, 5.41) is 15.7. The highest BCUT2D eigenvalue weighted by Gasteiger charge is 2.27. The Morgan fingerprint density at radius 3 is 2.83 bits per heavy atom. The maximum atomic E-state index is 12.0. The Hall–Kier alpha value is -1.55. The summed E-state index contributed by atoms with van der Waals surface area (Å²) in [6.45, 7) is 3.99. The Morgan fingerprint density at radius 2 is 2.17 bits per heavy atom. The van der Waals surface area contributed by atoms with Crippen molar-refractivity contribution < 1.29 is 9.90 Å². The van der Waals surface area contributed by atoms with Crippen LogP contribution >= 0.6 is 0 Å². The number of phenolic OH excluding ortho intramolecular Hbond substituents is 1. The lowest BCUT2D eigenvalue weighted by molar-refractivity contribution is -0.122. The number of benzene rings is 1. The molecule has 0 radical (unpaired) electrons. The van der Waals surface area contributed by atoms with Crippen LogP contribution in [0.1, 0.15) is 25.3 Å². The summed E-state index contributed by atoms with van der Waals surface area (Å²) < 4.78 is 0. The average molecular weight is 248 g/mol. The Balaban J connectivity index is 1.92. The number of rotatable bonds is 3. The van der Waals surface area contributed by atoms with Gasteiger partial charge in [-0.3, -0.25) is 4.79 Å². The highest BCUT2D eigenvalue weighted by molar-refractivity contribution is 5.79. The summed E-state index contributed by atoms with van der Waals surface area (Å²) in [5.41, 5.74) is 0.740. The number of phenols is 1. The molecule has 98 valence electrons. The van der Waals surface area contributed by atoms with E-state index >= 15 is 0 Å². The molecule has 0 spiro atoms. The van der Waals surface area contributed by atoms with E-state index in [1.54, 1.807) is 18.2 Å². The molecule has 1 heterocycles. The molecule has 1 fully saturated rings. The van der Waals surface area contributed by atoms with Crippen LogP contribution in [0.4, 0.5) is 0 Å². The SMILES string of the molecule is CC1(NC(=O)Cc2cccc(O)c2)CCNCC1. The molecule has 18 heavy (non-hydrogen) atoms. The number of hydrogen-bond donors (Lipinski definition) is 3. The van der Waals surface area contributed by atoms with Crippen LogP contribution in [0.5, 0.6) is 5.75 Å². The average Bonchev–Trinajstić information content (AvgIpc) is 2.28. The predicted molar refractivity (Wildman–Crippen MR) is 70.5 cm³/mol. The van der Waals surface area contributed by atoms with E-state index in [2.05, 4.69) is 17.6 Å². The third-order valence-corrected chi connectivity index (χ3v) is 3.42. The third kappa shape index (κ3) is 3.47. The lowest BCUT2D eigenvalue weighted by Gasteiger charge is -2.35. The van der Waals surface area contributed by atoms with Gasteiger partial charge in [-0.25, -0.2) is 0 Å². The second kappa shape index (κ2) is 5.40. The van der Waals surface area contributed by atoms with Crippen molar-refractivity contribution in [2.45, 2.75) is 31.7 Å². The van der Waals surface area contributed by atoms with Crippen LogP contribution in [0.15, 0.2) is 24.3 Å². The van der Waals surface area contributed by atoms with Crippen LogP contribution in [0, 0.1) is 0 Å². The van der Waals surface area contributed by atoms with E-state index in [4.69, 9.17) is 0 Å². The smallest absolute Gasteiger partial charge is 0.224 e. The van der Waals surface area contributed by atoms with E-state index in [1.165, 1.54) is 0 Å². The summed E-state index contributed by atoms with van der Waals surface area (Å²) in [4.78, 5) is 12.0. The summed E-state index contributed by atoms with van der Waals surface area (Å²) in [6.07, 6.45) is 2.23. The van der Waals surface area contributed by atoms with Crippen LogP contribution in [0.25, 0.3) is 0 Å². The van der Waals surface area contributed by atoms with E-state index in [9.17, 15) is 9.90 Å². The molecule has 4 heteroatoms. The van der Waals surface area contributed by atoms with Crippen LogP contribution in [0.3, 0.4) is 0 Å². The van der Waals surface area contributed by atoms with Crippen molar-refractivity contribution >= 4 is 5.91 Å². The number of hydrogen-bond acceptors (Lipinski definition) is 3. The fraction of sp³-hybridized carbons (Fsp3) is 0.500. The van der Waals surface area contributed by atoms with Crippen molar-refractivity contribution in [1.82, 2.24) is 10.6 Å². The lowest BCUT2D eigenvalue weighted by Crippen LogP contribution is -2.52. The van der Waals surface area contributed by atoms with E-state index < -0.39 is 0 Å². The fourth-order valence-corrected chi connectivity index (χ4v) is 2.34. The van der Waals surface area contributed by atoms with Crippen LogP contribution in [0.2, 0.25) is 0 Å². The fourth-order valence-electron chi connectivity index (χ4n) is 2.34. The zero-order valence-electron chi connectivity index (χ0n) is 10.7. The molecule has 0 aromatic heterocycles. The number of carbonyl (C=O) groups is 1. The molecule has 4 nitrogen and oxygen atoms in total. The molecule has 1 aliphatic heterocycles. The molecule has 1 aromatic rings. The molecule has 0 bridgehead atoms. The van der Waals surface area contributed by atoms with Crippen molar-refractivity contribution in [2.24, 2.45) is 0 Å². The van der Waals surface area contributed by atoms with Crippen LogP contribution in [-0.4, -0.2) is 29.6 Å². The maximum Gasteiger partial charge on any atom is 0.224 e. The quantitative estimate of drug-likeness (QED) is 0.753. The van der Waals surface area contributed by atoms with Gasteiger partial charge in [0.05, 0.1) is 6.42 Å². The largest absolute Gasteiger partial charge is 0.508 e. The topological polar surface area (TPSA) is 61.4 Å². The number of piperidine rings is 1. The van der Waals surface area contributed by atoms with Gasteiger partial charge in [0.2, 0.25) is 5.91 Å². The molecule has 0 aliphatic carbocycles. The maximum absolute atomic E-state index is 12.0. The Labute approximate surface area is 107 Å². The Bertz CT molecular complexity index is 426. The molecule has 1 aliphatic rings. The molecule has 1 aromatic carbocycles. The molecular weight excluding hydrogens is 228 g/mol. The molecule has 3 N–H and O–H groups in total. The van der Waals surface area contributed by atoms with Gasteiger partial charge in [0, 0.05) is 5.54 Å². The highest BCUT2D eigenvalue weighted by atomic mass is 16.3. The van der Waals surface area contributed by atoms with Gasteiger partial charge in [-0.2, -0.15) is 0 Å². The van der Waals surface area contributed by atoms with Crippen molar-refractivity contribution in [3.63, 3.8) is 0 Å². The normalized spacial score (nSPS) is 18.3. The first kappa shape index (κ1) is 12.9. The number of aromatic hydroxyl groups is 1. The van der Waals surface area contributed by atoms with Gasteiger partial charge in [-0.05, 0) is 50.6 Å². The van der Waals surface area contributed by atoms with Gasteiger partial charge in [-0.15, -0.1) is 0 Å². The summed E-state index contributed by atoms with van der Waals surface area (Å²) in [6, 6.07) is 6.84. The minimum atomic E-state index is -0.0981. The van der Waals surface area contributed by atoms with E-state index in [0.717, 1.165) is 31.5 Å². The predicted octanol–water partition coefficient (Wildman–Crippen LogP) is 1.19. The van der Waals surface area contributed by atoms with Crippen molar-refractivity contribution in [1.29, 1.82) is 0 Å². The van der Waals surface area contributed by atoms with E-state index in [0.29, 0.717) is 6.42 Å². The Kier molecular flexibility index (Phi) is 3.87. The van der Waals surface area contributed by atoms with Gasteiger partial charge in [0.1, 0.15) is 5.75 Å². The second-order valence-electron chi connectivity index (χ2n) is 5.21. The third-order valence-electron chi connectivity index (χ3n) is 3.42. The van der Waals surface area contributed by atoms with Gasteiger partial charge in [0.25, 0.3) is 0 Å². The molecule has 0 atom stereocenters. The van der Waals surface area contributed by atoms with Gasteiger partial charge >= 0.3 is 0 Å². The zero-order chi connectivity index (χ0) is 13.0. The van der Waals surface area contributed by atoms with Crippen molar-refractivity contribution in [3.8, 4) is 5.75 Å².